The molecule has 3 aromatic rings. The van der Waals surface area contributed by atoms with Crippen molar-refractivity contribution in [3.63, 3.8) is 0 Å². The van der Waals surface area contributed by atoms with Gasteiger partial charge in [-0.25, -0.2) is 0 Å². The van der Waals surface area contributed by atoms with E-state index in [1.165, 1.54) is 6.07 Å². The second-order valence-electron chi connectivity index (χ2n) is 7.61. The molecule has 1 aromatic heterocycles. The van der Waals surface area contributed by atoms with Crippen LogP contribution >= 0.6 is 0 Å². The van der Waals surface area contributed by atoms with Crippen molar-refractivity contribution < 1.29 is 9.72 Å². The molecule has 1 atom stereocenters. The number of nitrogens with one attached hydrogen (secondary N) is 1. The molecule has 4 rings (SSSR count). The van der Waals surface area contributed by atoms with Crippen LogP contribution in [0.15, 0.2) is 79.0 Å². The number of benzene rings is 2. The molecule has 2 aromatic carbocycles. The average molecular weight is 416 g/mol. The van der Waals surface area contributed by atoms with Crippen LogP contribution in [0.25, 0.3) is 0 Å². The molecule has 1 aliphatic rings. The zero-order chi connectivity index (χ0) is 21.6. The van der Waals surface area contributed by atoms with Gasteiger partial charge in [-0.2, -0.15) is 0 Å². The monoisotopic (exact) mass is 416 g/mol. The number of hydrogen-bond acceptors (Lipinski definition) is 5. The van der Waals surface area contributed by atoms with E-state index < -0.39 is 0 Å². The van der Waals surface area contributed by atoms with Crippen molar-refractivity contribution in [2.24, 2.45) is 5.92 Å². The summed E-state index contributed by atoms with van der Waals surface area (Å²) in [6.45, 7) is 1.20. The number of amides is 1. The van der Waals surface area contributed by atoms with E-state index in [1.807, 2.05) is 53.4 Å². The molecular weight excluding hydrogens is 392 g/mol. The van der Waals surface area contributed by atoms with Gasteiger partial charge in [0.2, 0.25) is 5.91 Å². The number of pyridine rings is 1. The number of rotatable bonds is 6. The second kappa shape index (κ2) is 9.38. The minimum atomic E-state index is -0.356. The van der Waals surface area contributed by atoms with Gasteiger partial charge >= 0.3 is 0 Å². The fourth-order valence-corrected chi connectivity index (χ4v) is 4.05. The van der Waals surface area contributed by atoms with Crippen molar-refractivity contribution in [2.75, 3.05) is 18.0 Å². The predicted molar refractivity (Wildman–Crippen MR) is 119 cm³/mol. The van der Waals surface area contributed by atoms with Gasteiger partial charge in [0.1, 0.15) is 5.69 Å². The maximum Gasteiger partial charge on any atom is 0.292 e. The Morgan fingerprint density at radius 2 is 1.68 bits per heavy atom. The summed E-state index contributed by atoms with van der Waals surface area (Å²) in [4.78, 5) is 30.5. The highest BCUT2D eigenvalue weighted by atomic mass is 16.6. The van der Waals surface area contributed by atoms with E-state index >= 15 is 0 Å². The lowest BCUT2D eigenvalue weighted by Gasteiger charge is -2.33. The van der Waals surface area contributed by atoms with Gasteiger partial charge in [-0.1, -0.05) is 48.5 Å². The van der Waals surface area contributed by atoms with Crippen molar-refractivity contribution in [3.05, 3.63) is 100 Å². The van der Waals surface area contributed by atoms with Gasteiger partial charge in [0.15, 0.2) is 0 Å². The maximum absolute atomic E-state index is 13.1. The standard InChI is InChI=1S/C24H24N4O3/c29-24(26-23(18-8-2-1-3-9-18)20-10-6-7-15-25-20)19-13-16-27(17-14-19)21-11-4-5-12-22(21)28(30)31/h1-12,15,19,23H,13-14,16-17H2,(H,26,29). The van der Waals surface area contributed by atoms with Crippen molar-refractivity contribution >= 4 is 17.3 Å². The molecule has 0 aliphatic carbocycles. The number of anilines is 1. The fraction of sp³-hybridized carbons (Fsp3) is 0.250. The lowest BCUT2D eigenvalue weighted by atomic mass is 9.94. The summed E-state index contributed by atoms with van der Waals surface area (Å²) in [5.41, 5.74) is 2.48. The summed E-state index contributed by atoms with van der Waals surface area (Å²) in [6.07, 6.45) is 3.01. The molecular formula is C24H24N4O3. The first-order valence-electron chi connectivity index (χ1n) is 10.4. The first-order valence-corrected chi connectivity index (χ1v) is 10.4. The van der Waals surface area contributed by atoms with E-state index in [-0.39, 0.29) is 28.5 Å². The molecule has 1 saturated heterocycles. The van der Waals surface area contributed by atoms with Crippen LogP contribution in [0.1, 0.15) is 30.1 Å². The minimum Gasteiger partial charge on any atom is -0.366 e. The summed E-state index contributed by atoms with van der Waals surface area (Å²) in [6, 6.07) is 21.9. The van der Waals surface area contributed by atoms with Crippen LogP contribution in [0.3, 0.4) is 0 Å². The lowest BCUT2D eigenvalue weighted by molar-refractivity contribution is -0.384. The van der Waals surface area contributed by atoms with Gasteiger partial charge in [0.05, 0.1) is 16.7 Å². The Kier molecular flexibility index (Phi) is 6.21. The number of nitrogens with zero attached hydrogens (tertiary/aromatic N) is 3. The van der Waals surface area contributed by atoms with Crippen molar-refractivity contribution in [1.29, 1.82) is 0 Å². The van der Waals surface area contributed by atoms with Crippen molar-refractivity contribution in [2.45, 2.75) is 18.9 Å². The number of carbonyl (C=O) groups excluding carboxylic acids is 1. The zero-order valence-electron chi connectivity index (χ0n) is 17.1. The van der Waals surface area contributed by atoms with Gasteiger partial charge in [0, 0.05) is 31.3 Å². The Morgan fingerprint density at radius 1 is 1.00 bits per heavy atom. The van der Waals surface area contributed by atoms with Crippen LogP contribution < -0.4 is 10.2 Å². The third-order valence-electron chi connectivity index (χ3n) is 5.69. The van der Waals surface area contributed by atoms with E-state index in [2.05, 4.69) is 10.3 Å². The molecule has 1 fully saturated rings. The van der Waals surface area contributed by atoms with Gasteiger partial charge < -0.3 is 10.2 Å². The molecule has 158 valence electrons. The summed E-state index contributed by atoms with van der Waals surface area (Å²) in [7, 11) is 0. The lowest BCUT2D eigenvalue weighted by Crippen LogP contribution is -2.42. The molecule has 1 unspecified atom stereocenters. The molecule has 0 spiro atoms. The topological polar surface area (TPSA) is 88.4 Å². The first kappa shape index (κ1) is 20.5. The molecule has 2 heterocycles. The van der Waals surface area contributed by atoms with Crippen LogP contribution in [0, 0.1) is 16.0 Å². The van der Waals surface area contributed by atoms with Crippen LogP contribution in [0.4, 0.5) is 11.4 Å². The summed E-state index contributed by atoms with van der Waals surface area (Å²) in [5.74, 6) is -0.157. The molecule has 7 nitrogen and oxygen atoms in total. The van der Waals surface area contributed by atoms with E-state index in [4.69, 9.17) is 0 Å². The Balaban J connectivity index is 1.45. The number of piperidine rings is 1. The summed E-state index contributed by atoms with van der Waals surface area (Å²) >= 11 is 0. The quantitative estimate of drug-likeness (QED) is 0.483. The Hall–Kier alpha value is -3.74. The first-order chi connectivity index (χ1) is 15.1. The van der Waals surface area contributed by atoms with E-state index in [1.54, 1.807) is 24.4 Å². The average Bonchev–Trinajstić information content (AvgIpc) is 2.83. The van der Waals surface area contributed by atoms with Crippen LogP contribution in [-0.4, -0.2) is 28.9 Å². The zero-order valence-corrected chi connectivity index (χ0v) is 17.1. The largest absolute Gasteiger partial charge is 0.366 e. The Bertz CT molecular complexity index is 995. The van der Waals surface area contributed by atoms with Crippen LogP contribution in [-0.2, 0) is 4.79 Å². The second-order valence-corrected chi connectivity index (χ2v) is 7.61. The van der Waals surface area contributed by atoms with Crippen LogP contribution in [0.5, 0.6) is 0 Å². The number of para-hydroxylation sites is 2. The van der Waals surface area contributed by atoms with Gasteiger partial charge in [-0.05, 0) is 36.6 Å². The fourth-order valence-electron chi connectivity index (χ4n) is 4.05. The van der Waals surface area contributed by atoms with Crippen molar-refractivity contribution in [1.82, 2.24) is 10.3 Å². The number of nitro groups is 1. The highest BCUT2D eigenvalue weighted by molar-refractivity contribution is 5.80. The van der Waals surface area contributed by atoms with Crippen LogP contribution in [0.2, 0.25) is 0 Å². The molecule has 0 bridgehead atoms. The predicted octanol–water partition coefficient (Wildman–Crippen LogP) is 4.11. The summed E-state index contributed by atoms with van der Waals surface area (Å²) in [5, 5.41) is 14.5. The minimum absolute atomic E-state index is 0.0123. The summed E-state index contributed by atoms with van der Waals surface area (Å²) < 4.78 is 0. The Labute approximate surface area is 180 Å². The molecule has 1 aliphatic heterocycles. The Morgan fingerprint density at radius 3 is 2.35 bits per heavy atom. The highest BCUT2D eigenvalue weighted by Crippen LogP contribution is 2.31. The smallest absolute Gasteiger partial charge is 0.292 e. The SMILES string of the molecule is O=C(NC(c1ccccc1)c1ccccn1)C1CCN(c2ccccc2[N+](=O)[O-])CC1. The number of hydrogen-bond donors (Lipinski definition) is 1. The molecule has 7 heteroatoms. The number of carbonyl (C=O) groups is 1. The van der Waals surface area contributed by atoms with Crippen molar-refractivity contribution in [3.8, 4) is 0 Å². The molecule has 1 N–H and O–H groups in total. The third kappa shape index (κ3) is 4.71. The van der Waals surface area contributed by atoms with E-state index in [0.717, 1.165) is 11.3 Å². The number of nitro benzene ring substituents is 1. The highest BCUT2D eigenvalue weighted by Gasteiger charge is 2.30. The normalized spacial score (nSPS) is 15.3. The van der Waals surface area contributed by atoms with E-state index in [0.29, 0.717) is 31.6 Å². The number of aromatic nitrogens is 1. The third-order valence-corrected chi connectivity index (χ3v) is 5.69. The molecule has 0 radical (unpaired) electrons. The molecule has 0 saturated carbocycles. The molecule has 31 heavy (non-hydrogen) atoms. The maximum atomic E-state index is 13.1. The van der Waals surface area contributed by atoms with E-state index in [9.17, 15) is 14.9 Å². The molecule has 1 amide bonds. The van der Waals surface area contributed by atoms with Gasteiger partial charge in [-0.3, -0.25) is 19.9 Å². The van der Waals surface area contributed by atoms with Gasteiger partial charge in [0.25, 0.3) is 5.69 Å². The van der Waals surface area contributed by atoms with Gasteiger partial charge in [-0.15, -0.1) is 0 Å².